The summed E-state index contributed by atoms with van der Waals surface area (Å²) in [7, 11) is 0. The summed E-state index contributed by atoms with van der Waals surface area (Å²) in [5.41, 5.74) is 0.383. The number of anilines is 1. The minimum Gasteiger partial charge on any atom is -0.507 e. The van der Waals surface area contributed by atoms with Crippen molar-refractivity contribution >= 4 is 23.2 Å². The van der Waals surface area contributed by atoms with Crippen LogP contribution in [0.2, 0.25) is 5.02 Å². The lowest BCUT2D eigenvalue weighted by Crippen LogP contribution is -2.15. The Kier molecular flexibility index (Phi) is 5.34. The van der Waals surface area contributed by atoms with Crippen molar-refractivity contribution in [3.63, 3.8) is 0 Å². The third-order valence-corrected chi connectivity index (χ3v) is 4.51. The van der Waals surface area contributed by atoms with Gasteiger partial charge in [0.15, 0.2) is 0 Å². The van der Waals surface area contributed by atoms with Crippen LogP contribution in [-0.2, 0) is 6.18 Å². The van der Waals surface area contributed by atoms with E-state index in [2.05, 4.69) is 5.32 Å². The lowest BCUT2D eigenvalue weighted by molar-refractivity contribution is -0.137. The molecule has 144 valence electrons. The van der Waals surface area contributed by atoms with Crippen molar-refractivity contribution in [1.29, 1.82) is 0 Å². The summed E-state index contributed by atoms with van der Waals surface area (Å²) in [5, 5.41) is 12.5. The van der Waals surface area contributed by atoms with Crippen LogP contribution in [0.1, 0.15) is 21.5 Å². The van der Waals surface area contributed by atoms with E-state index in [-0.39, 0.29) is 22.0 Å². The van der Waals surface area contributed by atoms with Crippen molar-refractivity contribution in [1.82, 2.24) is 0 Å². The first kappa shape index (κ1) is 19.8. The van der Waals surface area contributed by atoms with E-state index in [0.29, 0.717) is 16.7 Å². The van der Waals surface area contributed by atoms with E-state index in [4.69, 9.17) is 11.6 Å². The van der Waals surface area contributed by atoms with Gasteiger partial charge >= 0.3 is 6.18 Å². The Labute approximate surface area is 164 Å². The van der Waals surface area contributed by atoms with Crippen molar-refractivity contribution in [2.75, 3.05) is 5.32 Å². The van der Waals surface area contributed by atoms with Crippen molar-refractivity contribution in [3.8, 4) is 16.9 Å². The van der Waals surface area contributed by atoms with Crippen molar-refractivity contribution in [2.24, 2.45) is 0 Å². The average Bonchev–Trinajstić information content (AvgIpc) is 2.65. The molecule has 0 spiro atoms. The van der Waals surface area contributed by atoms with E-state index in [1.807, 2.05) is 0 Å². The number of phenols is 1. The van der Waals surface area contributed by atoms with Gasteiger partial charge in [0.1, 0.15) is 5.75 Å². The standard InChI is InChI=1S/C21H15ClF3NO2/c1-12-16(13-5-3-2-4-6-13)9-14(21(23,24)25)10-18(12)26-20(28)17-11-15(22)7-8-19(17)27/h2-11,27H,1H3,(H,26,28). The van der Waals surface area contributed by atoms with Gasteiger partial charge in [0.05, 0.1) is 11.1 Å². The first-order chi connectivity index (χ1) is 13.2. The van der Waals surface area contributed by atoms with Crippen LogP contribution < -0.4 is 5.32 Å². The van der Waals surface area contributed by atoms with Crippen LogP contribution in [0.25, 0.3) is 11.1 Å². The number of rotatable bonds is 3. The number of carbonyl (C=O) groups is 1. The Morgan fingerprint density at radius 1 is 1.04 bits per heavy atom. The highest BCUT2D eigenvalue weighted by atomic mass is 35.5. The van der Waals surface area contributed by atoms with Crippen LogP contribution in [0, 0.1) is 6.92 Å². The lowest BCUT2D eigenvalue weighted by atomic mass is 9.96. The Morgan fingerprint density at radius 3 is 2.36 bits per heavy atom. The summed E-state index contributed by atoms with van der Waals surface area (Å²) in [5.74, 6) is -1.09. The molecule has 0 aliphatic heterocycles. The molecular weight excluding hydrogens is 391 g/mol. The molecule has 1 amide bonds. The predicted molar refractivity (Wildman–Crippen MR) is 103 cm³/mol. The van der Waals surface area contributed by atoms with E-state index in [0.717, 1.165) is 12.1 Å². The van der Waals surface area contributed by atoms with Crippen LogP contribution in [0.4, 0.5) is 18.9 Å². The minimum atomic E-state index is -4.59. The zero-order valence-corrected chi connectivity index (χ0v) is 15.4. The third kappa shape index (κ3) is 4.12. The number of nitrogens with one attached hydrogen (secondary N) is 1. The number of phenolic OH excluding ortho intramolecular Hbond substituents is 1. The number of carbonyl (C=O) groups excluding carboxylic acids is 1. The Balaban J connectivity index is 2.09. The maximum atomic E-state index is 13.4. The van der Waals surface area contributed by atoms with Gasteiger partial charge in [-0.25, -0.2) is 0 Å². The van der Waals surface area contributed by atoms with E-state index in [1.54, 1.807) is 37.3 Å². The highest BCUT2D eigenvalue weighted by molar-refractivity contribution is 6.31. The molecule has 0 heterocycles. The highest BCUT2D eigenvalue weighted by Crippen LogP contribution is 2.38. The molecule has 28 heavy (non-hydrogen) atoms. The van der Waals surface area contributed by atoms with Gasteiger partial charge in [-0.3, -0.25) is 4.79 Å². The number of benzene rings is 3. The number of amides is 1. The number of alkyl halides is 3. The van der Waals surface area contributed by atoms with Gasteiger partial charge in [-0.2, -0.15) is 13.2 Å². The zero-order valence-electron chi connectivity index (χ0n) is 14.6. The summed E-state index contributed by atoms with van der Waals surface area (Å²) in [6.07, 6.45) is -4.59. The first-order valence-electron chi connectivity index (χ1n) is 8.24. The fraction of sp³-hybridized carbons (Fsp3) is 0.0952. The normalized spacial score (nSPS) is 11.3. The van der Waals surface area contributed by atoms with Gasteiger partial charge in [0.25, 0.3) is 5.91 Å². The second-order valence-corrected chi connectivity index (χ2v) is 6.61. The molecule has 0 atom stereocenters. The van der Waals surface area contributed by atoms with Crippen molar-refractivity contribution in [3.05, 3.63) is 82.4 Å². The van der Waals surface area contributed by atoms with Crippen LogP contribution in [0.15, 0.2) is 60.7 Å². The first-order valence-corrected chi connectivity index (χ1v) is 8.62. The molecule has 0 aromatic heterocycles. The van der Waals surface area contributed by atoms with Gasteiger partial charge in [-0.1, -0.05) is 41.9 Å². The molecule has 7 heteroatoms. The zero-order chi connectivity index (χ0) is 20.5. The van der Waals surface area contributed by atoms with Crippen LogP contribution in [-0.4, -0.2) is 11.0 Å². The molecule has 0 bridgehead atoms. The molecule has 0 aliphatic carbocycles. The highest BCUT2D eigenvalue weighted by Gasteiger charge is 2.32. The quantitative estimate of drug-likeness (QED) is 0.537. The maximum Gasteiger partial charge on any atom is 0.416 e. The Hall–Kier alpha value is -2.99. The summed E-state index contributed by atoms with van der Waals surface area (Å²) in [6, 6.07) is 14.4. The molecule has 3 nitrogen and oxygen atoms in total. The molecular formula is C21H15ClF3NO2. The number of aromatic hydroxyl groups is 1. The average molecular weight is 406 g/mol. The maximum absolute atomic E-state index is 13.4. The van der Waals surface area contributed by atoms with Gasteiger partial charge in [0.2, 0.25) is 0 Å². The smallest absolute Gasteiger partial charge is 0.416 e. The number of hydrogen-bond acceptors (Lipinski definition) is 2. The molecule has 0 radical (unpaired) electrons. The van der Waals surface area contributed by atoms with Gasteiger partial charge < -0.3 is 10.4 Å². The fourth-order valence-corrected chi connectivity index (χ4v) is 2.98. The van der Waals surface area contributed by atoms with E-state index in [1.165, 1.54) is 18.2 Å². The molecule has 3 aromatic rings. The second kappa shape index (κ2) is 7.56. The minimum absolute atomic E-state index is 0.00180. The van der Waals surface area contributed by atoms with Crippen molar-refractivity contribution < 1.29 is 23.1 Å². The van der Waals surface area contributed by atoms with Gasteiger partial charge in [0, 0.05) is 10.7 Å². The summed E-state index contributed by atoms with van der Waals surface area (Å²) in [4.78, 5) is 12.5. The summed E-state index contributed by atoms with van der Waals surface area (Å²) < 4.78 is 40.2. The van der Waals surface area contributed by atoms with Crippen LogP contribution >= 0.6 is 11.6 Å². The van der Waals surface area contributed by atoms with Crippen molar-refractivity contribution in [2.45, 2.75) is 13.1 Å². The van der Waals surface area contributed by atoms with E-state index >= 15 is 0 Å². The number of halogens is 4. The predicted octanol–water partition coefficient (Wildman–Crippen LogP) is 6.29. The topological polar surface area (TPSA) is 49.3 Å². The largest absolute Gasteiger partial charge is 0.507 e. The molecule has 3 aromatic carbocycles. The fourth-order valence-electron chi connectivity index (χ4n) is 2.81. The lowest BCUT2D eigenvalue weighted by Gasteiger charge is -2.17. The van der Waals surface area contributed by atoms with Crippen LogP contribution in [0.5, 0.6) is 5.75 Å². The second-order valence-electron chi connectivity index (χ2n) is 6.18. The Bertz CT molecular complexity index is 1030. The van der Waals surface area contributed by atoms with Gasteiger partial charge in [-0.15, -0.1) is 0 Å². The molecule has 2 N–H and O–H groups in total. The molecule has 0 unspecified atom stereocenters. The molecule has 0 aliphatic rings. The van der Waals surface area contributed by atoms with Crippen LogP contribution in [0.3, 0.4) is 0 Å². The number of hydrogen-bond donors (Lipinski definition) is 2. The molecule has 0 saturated heterocycles. The third-order valence-electron chi connectivity index (χ3n) is 4.27. The van der Waals surface area contributed by atoms with E-state index in [9.17, 15) is 23.1 Å². The SMILES string of the molecule is Cc1c(NC(=O)c2cc(Cl)ccc2O)cc(C(F)(F)F)cc1-c1ccccc1. The molecule has 0 fully saturated rings. The molecule has 0 saturated carbocycles. The molecule has 3 rings (SSSR count). The summed E-state index contributed by atoms with van der Waals surface area (Å²) >= 11 is 5.85. The van der Waals surface area contributed by atoms with Gasteiger partial charge in [-0.05, 0) is 53.9 Å². The monoisotopic (exact) mass is 405 g/mol. The van der Waals surface area contributed by atoms with E-state index < -0.39 is 17.6 Å². The Morgan fingerprint density at radius 2 is 1.71 bits per heavy atom. The summed E-state index contributed by atoms with van der Waals surface area (Å²) in [6.45, 7) is 1.62.